The number of aromatic nitrogens is 3. The number of para-hydroxylation sites is 1. The van der Waals surface area contributed by atoms with Gasteiger partial charge in [-0.05, 0) is 74.8 Å². The minimum absolute atomic E-state index is 0.617. The predicted octanol–water partition coefficient (Wildman–Crippen LogP) is 13.8. The van der Waals surface area contributed by atoms with Gasteiger partial charge >= 0.3 is 0 Å². The molecule has 12 rings (SSSR count). The van der Waals surface area contributed by atoms with Crippen molar-refractivity contribution in [2.75, 3.05) is 0 Å². The van der Waals surface area contributed by atoms with E-state index in [-0.39, 0.29) is 0 Å². The van der Waals surface area contributed by atoms with E-state index >= 15 is 0 Å². The lowest BCUT2D eigenvalue weighted by Gasteiger charge is -2.42. The van der Waals surface area contributed by atoms with Gasteiger partial charge in [0.1, 0.15) is 11.2 Å². The standard InChI is InChI=1S/C54H33N3OS/c1-3-13-34(14-4-1)35-23-28-39(29-24-35)52-55-51(38-16-5-2-6-17-38)56-53(57-52)40-30-27-37-26-25-36-15-7-9-19-43(36)54(45(37)31-40)44-20-10-12-22-49(44)59-50-32-42-41-18-8-11-21-47(41)58-48(42)33-46(50)54/h1-33H. The molecule has 0 saturated carbocycles. The third kappa shape index (κ3) is 5.36. The maximum Gasteiger partial charge on any atom is 0.164 e. The number of rotatable bonds is 4. The molecule has 8 aromatic carbocycles. The van der Waals surface area contributed by atoms with Crippen molar-refractivity contribution in [1.29, 1.82) is 0 Å². The summed E-state index contributed by atoms with van der Waals surface area (Å²) in [4.78, 5) is 18.0. The Morgan fingerprint density at radius 1 is 0.356 bits per heavy atom. The first-order valence-electron chi connectivity index (χ1n) is 19.8. The Balaban J connectivity index is 1.11. The number of hydrogen-bond donors (Lipinski definition) is 0. The third-order valence-corrected chi connectivity index (χ3v) is 13.0. The molecule has 1 aliphatic carbocycles. The maximum absolute atomic E-state index is 6.63. The van der Waals surface area contributed by atoms with Crippen molar-refractivity contribution < 1.29 is 4.42 Å². The molecule has 0 N–H and O–H groups in total. The van der Waals surface area contributed by atoms with Gasteiger partial charge in [-0.2, -0.15) is 0 Å². The van der Waals surface area contributed by atoms with Gasteiger partial charge in [-0.3, -0.25) is 0 Å². The Labute approximate surface area is 345 Å². The fourth-order valence-electron chi connectivity index (χ4n) is 9.11. The highest BCUT2D eigenvalue weighted by Gasteiger charge is 2.47. The highest BCUT2D eigenvalue weighted by atomic mass is 32.2. The monoisotopic (exact) mass is 771 g/mol. The Bertz CT molecular complexity index is 3300. The Kier molecular flexibility index (Phi) is 7.65. The van der Waals surface area contributed by atoms with E-state index in [1.165, 1.54) is 37.6 Å². The largest absolute Gasteiger partial charge is 0.456 e. The second kappa shape index (κ2) is 13.4. The molecule has 5 heteroatoms. The van der Waals surface area contributed by atoms with Crippen LogP contribution in [-0.2, 0) is 5.41 Å². The highest BCUT2D eigenvalue weighted by Crippen LogP contribution is 2.59. The Hall–Kier alpha value is -7.34. The molecule has 1 unspecified atom stereocenters. The molecule has 0 amide bonds. The van der Waals surface area contributed by atoms with Gasteiger partial charge in [-0.1, -0.05) is 182 Å². The van der Waals surface area contributed by atoms with Gasteiger partial charge in [0.05, 0.1) is 5.41 Å². The maximum atomic E-state index is 6.63. The van der Waals surface area contributed by atoms with E-state index in [1.54, 1.807) is 0 Å². The SMILES string of the molecule is C1=Cc2ccc(-c3nc(-c4ccccc4)nc(-c4ccc(-c5ccccc5)cc4)n3)cc2C2(c3ccccc31)c1ccccc1Sc1cc3c(cc12)oc1ccccc13. The molecule has 1 aliphatic heterocycles. The second-order valence-corrected chi connectivity index (χ2v) is 16.2. The molecule has 0 saturated heterocycles. The van der Waals surface area contributed by atoms with E-state index in [9.17, 15) is 0 Å². The molecule has 276 valence electrons. The van der Waals surface area contributed by atoms with Crippen LogP contribution in [-0.4, -0.2) is 15.0 Å². The van der Waals surface area contributed by atoms with Crippen LogP contribution in [0.15, 0.2) is 202 Å². The lowest BCUT2D eigenvalue weighted by Crippen LogP contribution is -2.35. The molecule has 3 heterocycles. The van der Waals surface area contributed by atoms with Crippen molar-refractivity contribution >= 4 is 45.9 Å². The first-order valence-corrected chi connectivity index (χ1v) is 20.7. The van der Waals surface area contributed by atoms with Crippen molar-refractivity contribution in [3.05, 3.63) is 221 Å². The first kappa shape index (κ1) is 33.8. The highest BCUT2D eigenvalue weighted by molar-refractivity contribution is 7.99. The normalized spacial score (nSPS) is 15.1. The van der Waals surface area contributed by atoms with Crippen LogP contribution in [0.3, 0.4) is 0 Å². The van der Waals surface area contributed by atoms with E-state index in [2.05, 4.69) is 170 Å². The molecule has 2 aliphatic rings. The molecule has 59 heavy (non-hydrogen) atoms. The van der Waals surface area contributed by atoms with E-state index in [4.69, 9.17) is 19.4 Å². The molecule has 2 aromatic heterocycles. The van der Waals surface area contributed by atoms with Crippen LogP contribution in [0, 0.1) is 0 Å². The molecular weight excluding hydrogens is 739 g/mol. The smallest absolute Gasteiger partial charge is 0.164 e. The molecule has 4 nitrogen and oxygen atoms in total. The summed E-state index contributed by atoms with van der Waals surface area (Å²) in [6.45, 7) is 0. The van der Waals surface area contributed by atoms with Crippen LogP contribution < -0.4 is 0 Å². The van der Waals surface area contributed by atoms with E-state index < -0.39 is 5.41 Å². The zero-order valence-corrected chi connectivity index (χ0v) is 32.5. The molecule has 10 aromatic rings. The van der Waals surface area contributed by atoms with Gasteiger partial charge in [0.25, 0.3) is 0 Å². The minimum atomic E-state index is -0.693. The lowest BCUT2D eigenvalue weighted by molar-refractivity contribution is 0.659. The average Bonchev–Trinajstić information content (AvgIpc) is 3.60. The van der Waals surface area contributed by atoms with Gasteiger partial charge in [0.15, 0.2) is 17.5 Å². The fourth-order valence-corrected chi connectivity index (χ4v) is 10.3. The Morgan fingerprint density at radius 3 is 1.69 bits per heavy atom. The number of nitrogens with zero attached hydrogens (tertiary/aromatic N) is 3. The summed E-state index contributed by atoms with van der Waals surface area (Å²) in [5, 5.41) is 2.25. The Morgan fingerprint density at radius 2 is 0.915 bits per heavy atom. The van der Waals surface area contributed by atoms with Gasteiger partial charge in [-0.15, -0.1) is 0 Å². The average molecular weight is 772 g/mol. The van der Waals surface area contributed by atoms with Crippen molar-refractivity contribution in [3.63, 3.8) is 0 Å². The lowest BCUT2D eigenvalue weighted by atomic mass is 9.63. The van der Waals surface area contributed by atoms with Crippen molar-refractivity contribution in [1.82, 2.24) is 15.0 Å². The fraction of sp³-hybridized carbons (Fsp3) is 0.0185. The summed E-state index contributed by atoms with van der Waals surface area (Å²) in [5.74, 6) is 1.87. The summed E-state index contributed by atoms with van der Waals surface area (Å²) in [6, 6.07) is 66.5. The molecule has 0 radical (unpaired) electrons. The molecule has 1 atom stereocenters. The van der Waals surface area contributed by atoms with Crippen LogP contribution in [0.4, 0.5) is 0 Å². The van der Waals surface area contributed by atoms with Crippen LogP contribution >= 0.6 is 11.8 Å². The zero-order chi connectivity index (χ0) is 38.9. The second-order valence-electron chi connectivity index (χ2n) is 15.1. The van der Waals surface area contributed by atoms with Crippen LogP contribution in [0.25, 0.3) is 79.4 Å². The van der Waals surface area contributed by atoms with Gasteiger partial charge in [0, 0.05) is 37.3 Å². The van der Waals surface area contributed by atoms with Crippen LogP contribution in [0.5, 0.6) is 0 Å². The summed E-state index contributed by atoms with van der Waals surface area (Å²) >= 11 is 1.84. The summed E-state index contributed by atoms with van der Waals surface area (Å²) in [6.07, 6.45) is 4.53. The molecule has 1 spiro atoms. The number of benzene rings is 8. The van der Waals surface area contributed by atoms with Crippen LogP contribution in [0.1, 0.15) is 33.4 Å². The number of hydrogen-bond acceptors (Lipinski definition) is 5. The third-order valence-electron chi connectivity index (χ3n) is 11.8. The van der Waals surface area contributed by atoms with Crippen molar-refractivity contribution in [2.45, 2.75) is 15.2 Å². The number of furan rings is 1. The zero-order valence-electron chi connectivity index (χ0n) is 31.7. The minimum Gasteiger partial charge on any atom is -0.456 e. The molecular formula is C54H33N3OS. The number of fused-ring (bicyclic) bond motifs is 11. The first-order chi connectivity index (χ1) is 29.2. The van der Waals surface area contributed by atoms with E-state index in [1.807, 2.05) is 42.1 Å². The summed E-state index contributed by atoms with van der Waals surface area (Å²) < 4.78 is 6.63. The topological polar surface area (TPSA) is 51.8 Å². The van der Waals surface area contributed by atoms with E-state index in [0.29, 0.717) is 17.5 Å². The predicted molar refractivity (Wildman–Crippen MR) is 240 cm³/mol. The summed E-state index contributed by atoms with van der Waals surface area (Å²) in [5.41, 5.74) is 13.3. The molecule has 0 bridgehead atoms. The van der Waals surface area contributed by atoms with Gasteiger partial charge in [0.2, 0.25) is 0 Å². The van der Waals surface area contributed by atoms with E-state index in [0.717, 1.165) is 55.3 Å². The van der Waals surface area contributed by atoms with Crippen molar-refractivity contribution in [2.24, 2.45) is 0 Å². The molecule has 0 fully saturated rings. The summed E-state index contributed by atoms with van der Waals surface area (Å²) in [7, 11) is 0. The van der Waals surface area contributed by atoms with Crippen LogP contribution in [0.2, 0.25) is 0 Å². The van der Waals surface area contributed by atoms with Gasteiger partial charge < -0.3 is 4.42 Å². The van der Waals surface area contributed by atoms with Crippen molar-refractivity contribution in [3.8, 4) is 45.3 Å². The quantitative estimate of drug-likeness (QED) is 0.178. The van der Waals surface area contributed by atoms with Gasteiger partial charge in [-0.25, -0.2) is 15.0 Å².